The molecule has 1 aromatic heterocycles. The highest BCUT2D eigenvalue weighted by atomic mass is 32.1. The number of methoxy groups -OCH3 is 1. The third-order valence-corrected chi connectivity index (χ3v) is 5.78. The molecule has 0 unspecified atom stereocenters. The second kappa shape index (κ2) is 7.98. The largest absolute Gasteiger partial charge is 0.508 e. The Balaban J connectivity index is 1.35. The Hall–Kier alpha value is -2.57. The molecule has 0 atom stereocenters. The standard InChI is InChI=1S/C21H23N3O2S/c1-26-20-4-2-3-16(13-20)21-22-17(15-27-21)14-23-9-11-24(12-10-23)18-5-7-19(25)8-6-18/h2-8,13,15,25H,9-12,14H2,1H3. The Bertz CT molecular complexity index is 886. The Labute approximate surface area is 163 Å². The predicted molar refractivity (Wildman–Crippen MR) is 110 cm³/mol. The van der Waals surface area contributed by atoms with Crippen LogP contribution < -0.4 is 9.64 Å². The number of anilines is 1. The molecule has 2 heterocycles. The minimum Gasteiger partial charge on any atom is -0.508 e. The maximum absolute atomic E-state index is 9.44. The van der Waals surface area contributed by atoms with Crippen LogP contribution in [0.4, 0.5) is 5.69 Å². The first-order valence-electron chi connectivity index (χ1n) is 9.06. The molecule has 1 fully saturated rings. The number of phenolic OH excluding ortho intramolecular Hbond substituents is 1. The van der Waals surface area contributed by atoms with Gasteiger partial charge in [-0.25, -0.2) is 4.98 Å². The summed E-state index contributed by atoms with van der Waals surface area (Å²) in [4.78, 5) is 9.62. The van der Waals surface area contributed by atoms with Crippen LogP contribution in [-0.4, -0.2) is 48.3 Å². The normalized spacial score (nSPS) is 15.1. The molecule has 4 rings (SSSR count). The first-order chi connectivity index (χ1) is 13.2. The number of hydrogen-bond acceptors (Lipinski definition) is 6. The second-order valence-electron chi connectivity index (χ2n) is 6.66. The lowest BCUT2D eigenvalue weighted by Gasteiger charge is -2.35. The Morgan fingerprint density at radius 2 is 1.85 bits per heavy atom. The van der Waals surface area contributed by atoms with Crippen molar-refractivity contribution in [3.8, 4) is 22.1 Å². The number of rotatable bonds is 5. The minimum absolute atomic E-state index is 0.313. The molecular formula is C21H23N3O2S. The molecule has 1 aliphatic heterocycles. The van der Waals surface area contributed by atoms with Crippen LogP contribution in [0.25, 0.3) is 10.6 Å². The lowest BCUT2D eigenvalue weighted by molar-refractivity contribution is 0.247. The zero-order valence-electron chi connectivity index (χ0n) is 15.3. The average molecular weight is 382 g/mol. The molecule has 1 saturated heterocycles. The van der Waals surface area contributed by atoms with E-state index in [1.54, 1.807) is 30.6 Å². The van der Waals surface area contributed by atoms with E-state index in [1.165, 1.54) is 5.69 Å². The van der Waals surface area contributed by atoms with E-state index in [4.69, 9.17) is 9.72 Å². The summed E-state index contributed by atoms with van der Waals surface area (Å²) in [5.41, 5.74) is 3.39. The van der Waals surface area contributed by atoms with Gasteiger partial charge in [-0.05, 0) is 36.4 Å². The number of piperazine rings is 1. The molecule has 140 valence electrons. The molecule has 0 radical (unpaired) electrons. The molecule has 1 N–H and O–H groups in total. The zero-order valence-corrected chi connectivity index (χ0v) is 16.2. The number of phenols is 1. The summed E-state index contributed by atoms with van der Waals surface area (Å²) in [6, 6.07) is 15.5. The van der Waals surface area contributed by atoms with Crippen molar-refractivity contribution in [1.82, 2.24) is 9.88 Å². The van der Waals surface area contributed by atoms with Crippen molar-refractivity contribution in [1.29, 1.82) is 0 Å². The summed E-state index contributed by atoms with van der Waals surface area (Å²) >= 11 is 1.68. The van der Waals surface area contributed by atoms with E-state index in [0.29, 0.717) is 5.75 Å². The van der Waals surface area contributed by atoms with E-state index in [-0.39, 0.29) is 0 Å². The lowest BCUT2D eigenvalue weighted by atomic mass is 10.2. The number of aromatic nitrogens is 1. The van der Waals surface area contributed by atoms with E-state index in [0.717, 1.165) is 54.7 Å². The molecular weight excluding hydrogens is 358 g/mol. The van der Waals surface area contributed by atoms with Crippen LogP contribution in [0.5, 0.6) is 11.5 Å². The van der Waals surface area contributed by atoms with Crippen molar-refractivity contribution in [3.05, 3.63) is 59.6 Å². The second-order valence-corrected chi connectivity index (χ2v) is 7.51. The fourth-order valence-corrected chi connectivity index (χ4v) is 4.13. The molecule has 27 heavy (non-hydrogen) atoms. The van der Waals surface area contributed by atoms with Crippen LogP contribution in [0.2, 0.25) is 0 Å². The Morgan fingerprint density at radius 3 is 2.59 bits per heavy atom. The highest BCUT2D eigenvalue weighted by Gasteiger charge is 2.18. The van der Waals surface area contributed by atoms with Crippen molar-refractivity contribution < 1.29 is 9.84 Å². The summed E-state index contributed by atoms with van der Waals surface area (Å²) in [5, 5.41) is 12.6. The monoisotopic (exact) mass is 381 g/mol. The summed E-state index contributed by atoms with van der Waals surface area (Å²) in [6.07, 6.45) is 0. The van der Waals surface area contributed by atoms with Gasteiger partial charge in [0.15, 0.2) is 0 Å². The number of benzene rings is 2. The van der Waals surface area contributed by atoms with Gasteiger partial charge in [0.1, 0.15) is 16.5 Å². The SMILES string of the molecule is COc1cccc(-c2nc(CN3CCN(c4ccc(O)cc4)CC3)cs2)c1. The molecule has 6 heteroatoms. The van der Waals surface area contributed by atoms with Crippen LogP contribution in [0.15, 0.2) is 53.9 Å². The highest BCUT2D eigenvalue weighted by Crippen LogP contribution is 2.27. The van der Waals surface area contributed by atoms with Crippen molar-refractivity contribution in [3.63, 3.8) is 0 Å². The van der Waals surface area contributed by atoms with Gasteiger partial charge in [0.25, 0.3) is 0 Å². The number of aromatic hydroxyl groups is 1. The molecule has 2 aromatic carbocycles. The van der Waals surface area contributed by atoms with Gasteiger partial charge in [-0.2, -0.15) is 0 Å². The van der Waals surface area contributed by atoms with Gasteiger partial charge >= 0.3 is 0 Å². The first-order valence-corrected chi connectivity index (χ1v) is 9.94. The van der Waals surface area contributed by atoms with Crippen molar-refractivity contribution in [2.24, 2.45) is 0 Å². The van der Waals surface area contributed by atoms with E-state index in [1.807, 2.05) is 30.3 Å². The predicted octanol–water partition coefficient (Wildman–Crippen LogP) is 3.85. The van der Waals surface area contributed by atoms with Crippen LogP contribution in [0.1, 0.15) is 5.69 Å². The average Bonchev–Trinajstić information content (AvgIpc) is 3.18. The number of nitrogens with zero attached hydrogens (tertiary/aromatic N) is 3. The van der Waals surface area contributed by atoms with Crippen molar-refractivity contribution in [2.75, 3.05) is 38.2 Å². The summed E-state index contributed by atoms with van der Waals surface area (Å²) < 4.78 is 5.31. The molecule has 0 amide bonds. The third-order valence-electron chi connectivity index (χ3n) is 4.84. The number of hydrogen-bond donors (Lipinski definition) is 1. The van der Waals surface area contributed by atoms with Gasteiger partial charge in [0.2, 0.25) is 0 Å². The summed E-state index contributed by atoms with van der Waals surface area (Å²) in [7, 11) is 1.68. The molecule has 0 spiro atoms. The van der Waals surface area contributed by atoms with Crippen molar-refractivity contribution in [2.45, 2.75) is 6.54 Å². The molecule has 5 nitrogen and oxygen atoms in total. The molecule has 3 aromatic rings. The van der Waals surface area contributed by atoms with Gasteiger partial charge in [0.05, 0.1) is 12.8 Å². The fourth-order valence-electron chi connectivity index (χ4n) is 3.33. The summed E-state index contributed by atoms with van der Waals surface area (Å²) in [5.74, 6) is 1.17. The lowest BCUT2D eigenvalue weighted by Crippen LogP contribution is -2.46. The van der Waals surface area contributed by atoms with E-state index < -0.39 is 0 Å². The Morgan fingerprint density at radius 1 is 1.07 bits per heavy atom. The fraction of sp³-hybridized carbons (Fsp3) is 0.286. The third kappa shape index (κ3) is 4.23. The summed E-state index contributed by atoms with van der Waals surface area (Å²) in [6.45, 7) is 4.86. The van der Waals surface area contributed by atoms with Crippen molar-refractivity contribution >= 4 is 17.0 Å². The first kappa shape index (κ1) is 17.8. The van der Waals surface area contributed by atoms with Crippen LogP contribution in [0, 0.1) is 0 Å². The molecule has 1 aliphatic rings. The van der Waals surface area contributed by atoms with E-state index in [2.05, 4.69) is 21.2 Å². The minimum atomic E-state index is 0.313. The highest BCUT2D eigenvalue weighted by molar-refractivity contribution is 7.13. The zero-order chi connectivity index (χ0) is 18.6. The van der Waals surface area contributed by atoms with Gasteiger partial charge < -0.3 is 14.7 Å². The van der Waals surface area contributed by atoms with Gasteiger partial charge in [-0.15, -0.1) is 11.3 Å². The smallest absolute Gasteiger partial charge is 0.123 e. The maximum Gasteiger partial charge on any atom is 0.123 e. The molecule has 0 bridgehead atoms. The van der Waals surface area contributed by atoms with Crippen LogP contribution in [0.3, 0.4) is 0 Å². The van der Waals surface area contributed by atoms with Gasteiger partial charge in [0, 0.05) is 49.4 Å². The maximum atomic E-state index is 9.44. The quantitative estimate of drug-likeness (QED) is 0.728. The molecule has 0 aliphatic carbocycles. The van der Waals surface area contributed by atoms with Crippen LogP contribution in [-0.2, 0) is 6.54 Å². The van der Waals surface area contributed by atoms with Gasteiger partial charge in [-0.3, -0.25) is 4.90 Å². The van der Waals surface area contributed by atoms with E-state index >= 15 is 0 Å². The number of thiazole rings is 1. The van der Waals surface area contributed by atoms with Gasteiger partial charge in [-0.1, -0.05) is 12.1 Å². The molecule has 0 saturated carbocycles. The topological polar surface area (TPSA) is 48.8 Å². The Kier molecular flexibility index (Phi) is 5.27. The van der Waals surface area contributed by atoms with E-state index in [9.17, 15) is 5.11 Å². The van der Waals surface area contributed by atoms with Crippen LogP contribution >= 0.6 is 11.3 Å². The number of ether oxygens (including phenoxy) is 1.